The van der Waals surface area contributed by atoms with Crippen LogP contribution in [-0.2, 0) is 7.05 Å². The maximum absolute atomic E-state index is 13.5. The van der Waals surface area contributed by atoms with Gasteiger partial charge in [-0.25, -0.2) is 9.37 Å². The van der Waals surface area contributed by atoms with E-state index in [1.54, 1.807) is 31.1 Å². The van der Waals surface area contributed by atoms with Crippen LogP contribution in [0.15, 0.2) is 35.4 Å². The molecule has 1 saturated heterocycles. The molecule has 0 saturated carbocycles. The number of halogens is 1. The molecule has 4 rings (SSSR count). The monoisotopic (exact) mass is 443 g/mol. The first-order chi connectivity index (χ1) is 14.8. The third kappa shape index (κ3) is 4.39. The Kier molecular flexibility index (Phi) is 6.17. The zero-order valence-electron chi connectivity index (χ0n) is 17.8. The number of benzene rings is 1. The number of rotatable bonds is 6. The van der Waals surface area contributed by atoms with Crippen LogP contribution < -0.4 is 16.4 Å². The topological polar surface area (TPSA) is 79.3 Å². The van der Waals surface area contributed by atoms with Crippen LogP contribution in [0, 0.1) is 12.7 Å². The third-order valence-corrected chi connectivity index (χ3v) is 7.02. The Morgan fingerprint density at radius 1 is 1.39 bits per heavy atom. The largest absolute Gasteiger partial charge is 0.341 e. The fourth-order valence-corrected chi connectivity index (χ4v) is 5.15. The van der Waals surface area contributed by atoms with E-state index in [9.17, 15) is 14.0 Å². The Balaban J connectivity index is 1.33. The Morgan fingerprint density at radius 2 is 2.19 bits per heavy atom. The first-order valence-electron chi connectivity index (χ1n) is 10.3. The Labute approximate surface area is 183 Å². The summed E-state index contributed by atoms with van der Waals surface area (Å²) in [5.74, 6) is -0.315. The molecular formula is C22H26FN5O2S. The number of amides is 1. The summed E-state index contributed by atoms with van der Waals surface area (Å²) in [6, 6.07) is 6.99. The molecule has 0 spiro atoms. The van der Waals surface area contributed by atoms with Crippen LogP contribution in [-0.4, -0.2) is 40.0 Å². The van der Waals surface area contributed by atoms with Crippen molar-refractivity contribution < 1.29 is 9.18 Å². The van der Waals surface area contributed by atoms with Gasteiger partial charge in [0.2, 0.25) is 0 Å². The first kappa shape index (κ1) is 21.6. The summed E-state index contributed by atoms with van der Waals surface area (Å²) in [6.07, 6.45) is 4.08. The van der Waals surface area contributed by atoms with Crippen molar-refractivity contribution in [3.63, 3.8) is 0 Å². The molecule has 3 aromatic rings. The minimum absolute atomic E-state index is 0.0800. The molecule has 9 heteroatoms. The minimum Gasteiger partial charge on any atom is -0.341 e. The molecule has 7 nitrogen and oxygen atoms in total. The second-order valence-corrected chi connectivity index (χ2v) is 9.09. The summed E-state index contributed by atoms with van der Waals surface area (Å²) >= 11 is 1.27. The van der Waals surface area contributed by atoms with Gasteiger partial charge < -0.3 is 9.47 Å². The Bertz CT molecular complexity index is 1170. The molecule has 164 valence electrons. The third-order valence-electron chi connectivity index (χ3n) is 5.83. The summed E-state index contributed by atoms with van der Waals surface area (Å²) in [7, 11) is 3.44. The number of aromatic nitrogens is 2. The molecule has 3 heterocycles. The lowest BCUT2D eigenvalue weighted by Gasteiger charge is -2.18. The standard InChI is InChI=1S/C22H26FN5O2S/c1-13-18-20(24-12-28(3)21(18)29)31-19(13)22(30)27(2)9-5-8-16-11-17(26-25-16)14-6-4-7-15(23)10-14/h4,6-7,10,12,16-17,25-26H,5,8-9,11H2,1-3H3. The van der Waals surface area contributed by atoms with Crippen molar-refractivity contribution in [3.8, 4) is 0 Å². The highest BCUT2D eigenvalue weighted by atomic mass is 32.1. The Hall–Kier alpha value is -2.62. The number of thiophene rings is 1. The zero-order valence-corrected chi connectivity index (χ0v) is 18.6. The highest BCUT2D eigenvalue weighted by molar-refractivity contribution is 7.20. The molecule has 31 heavy (non-hydrogen) atoms. The lowest BCUT2D eigenvalue weighted by atomic mass is 9.99. The highest BCUT2D eigenvalue weighted by Gasteiger charge is 2.26. The molecule has 2 atom stereocenters. The number of nitrogens with zero attached hydrogens (tertiary/aromatic N) is 3. The second-order valence-electron chi connectivity index (χ2n) is 8.09. The molecule has 2 aromatic heterocycles. The van der Waals surface area contributed by atoms with E-state index in [0.717, 1.165) is 24.8 Å². The number of hydrazine groups is 1. The predicted octanol–water partition coefficient (Wildman–Crippen LogP) is 2.90. The molecule has 1 fully saturated rings. The molecule has 0 bridgehead atoms. The lowest BCUT2D eigenvalue weighted by molar-refractivity contribution is 0.0796. The molecule has 1 aliphatic heterocycles. The Morgan fingerprint density at radius 3 is 2.97 bits per heavy atom. The summed E-state index contributed by atoms with van der Waals surface area (Å²) < 4.78 is 14.9. The molecular weight excluding hydrogens is 417 g/mol. The van der Waals surface area contributed by atoms with Crippen molar-refractivity contribution in [2.45, 2.75) is 38.3 Å². The van der Waals surface area contributed by atoms with E-state index >= 15 is 0 Å². The fourth-order valence-electron chi connectivity index (χ4n) is 4.02. The van der Waals surface area contributed by atoms with Crippen LogP contribution >= 0.6 is 11.3 Å². The SMILES string of the molecule is Cc1c(C(=O)N(C)CCCC2CC(c3cccc(F)c3)NN2)sc2ncn(C)c(=O)c12. The average molecular weight is 444 g/mol. The maximum atomic E-state index is 13.5. The lowest BCUT2D eigenvalue weighted by Crippen LogP contribution is -2.32. The van der Waals surface area contributed by atoms with E-state index < -0.39 is 0 Å². The van der Waals surface area contributed by atoms with E-state index in [1.165, 1.54) is 28.3 Å². The van der Waals surface area contributed by atoms with E-state index in [1.807, 2.05) is 13.0 Å². The van der Waals surface area contributed by atoms with Crippen molar-refractivity contribution in [1.82, 2.24) is 25.3 Å². The zero-order chi connectivity index (χ0) is 22.1. The molecule has 0 radical (unpaired) electrons. The van der Waals surface area contributed by atoms with Crippen LogP contribution in [0.3, 0.4) is 0 Å². The van der Waals surface area contributed by atoms with Crippen molar-refractivity contribution in [2.75, 3.05) is 13.6 Å². The quantitative estimate of drug-likeness (QED) is 0.613. The van der Waals surface area contributed by atoms with Gasteiger partial charge in [-0.2, -0.15) is 0 Å². The van der Waals surface area contributed by atoms with Gasteiger partial charge in [-0.1, -0.05) is 12.1 Å². The molecule has 0 aliphatic carbocycles. The van der Waals surface area contributed by atoms with Crippen molar-refractivity contribution in [2.24, 2.45) is 7.05 Å². The van der Waals surface area contributed by atoms with E-state index in [2.05, 4.69) is 15.8 Å². The number of aryl methyl sites for hydroxylation is 2. The summed E-state index contributed by atoms with van der Waals surface area (Å²) in [4.78, 5) is 32.5. The molecule has 1 amide bonds. The van der Waals surface area contributed by atoms with E-state index in [-0.39, 0.29) is 29.4 Å². The van der Waals surface area contributed by atoms with Gasteiger partial charge in [-0.15, -0.1) is 11.3 Å². The summed E-state index contributed by atoms with van der Waals surface area (Å²) in [6.45, 7) is 2.42. The van der Waals surface area contributed by atoms with Gasteiger partial charge in [0.05, 0.1) is 16.6 Å². The van der Waals surface area contributed by atoms with Crippen LogP contribution in [0.4, 0.5) is 4.39 Å². The fraction of sp³-hybridized carbons (Fsp3) is 0.409. The van der Waals surface area contributed by atoms with E-state index in [4.69, 9.17) is 0 Å². The number of hydrogen-bond acceptors (Lipinski definition) is 6. The molecule has 2 unspecified atom stereocenters. The number of fused-ring (bicyclic) bond motifs is 1. The van der Waals surface area contributed by atoms with Crippen molar-refractivity contribution >= 4 is 27.5 Å². The first-order valence-corrected chi connectivity index (χ1v) is 11.1. The van der Waals surface area contributed by atoms with Gasteiger partial charge in [-0.05, 0) is 49.4 Å². The van der Waals surface area contributed by atoms with Crippen LogP contribution in [0.25, 0.3) is 10.2 Å². The normalized spacial score (nSPS) is 18.6. The number of carbonyl (C=O) groups is 1. The van der Waals surface area contributed by atoms with Crippen molar-refractivity contribution in [3.05, 3.63) is 62.8 Å². The van der Waals surface area contributed by atoms with Crippen molar-refractivity contribution in [1.29, 1.82) is 0 Å². The van der Waals surface area contributed by atoms with Gasteiger partial charge in [0.1, 0.15) is 10.6 Å². The van der Waals surface area contributed by atoms with Crippen LogP contribution in [0.1, 0.15) is 46.1 Å². The number of carbonyl (C=O) groups excluding carboxylic acids is 1. The van der Waals surface area contributed by atoms with Gasteiger partial charge in [0.15, 0.2) is 0 Å². The number of hydrogen-bond donors (Lipinski definition) is 2. The molecule has 1 aliphatic rings. The number of nitrogens with one attached hydrogen (secondary N) is 2. The van der Waals surface area contributed by atoms with Crippen LogP contribution in [0.2, 0.25) is 0 Å². The van der Waals surface area contributed by atoms with Gasteiger partial charge in [0.25, 0.3) is 11.5 Å². The van der Waals surface area contributed by atoms with E-state index in [0.29, 0.717) is 27.2 Å². The maximum Gasteiger partial charge on any atom is 0.264 e. The smallest absolute Gasteiger partial charge is 0.264 e. The minimum atomic E-state index is -0.229. The van der Waals surface area contributed by atoms with Gasteiger partial charge in [0, 0.05) is 32.7 Å². The summed E-state index contributed by atoms with van der Waals surface area (Å²) in [5, 5.41) is 0.524. The van der Waals surface area contributed by atoms with Crippen LogP contribution in [0.5, 0.6) is 0 Å². The van der Waals surface area contributed by atoms with Gasteiger partial charge >= 0.3 is 0 Å². The van der Waals surface area contributed by atoms with Gasteiger partial charge in [-0.3, -0.25) is 20.4 Å². The average Bonchev–Trinajstić information content (AvgIpc) is 3.35. The summed E-state index contributed by atoms with van der Waals surface area (Å²) in [5.41, 5.74) is 8.01. The molecule has 2 N–H and O–H groups in total. The molecule has 1 aromatic carbocycles. The highest BCUT2D eigenvalue weighted by Crippen LogP contribution is 2.28. The predicted molar refractivity (Wildman–Crippen MR) is 120 cm³/mol. The second kappa shape index (κ2) is 8.86.